The van der Waals surface area contributed by atoms with Crippen LogP contribution in [0.25, 0.3) is 11.4 Å². The van der Waals surface area contributed by atoms with Crippen molar-refractivity contribution in [2.24, 2.45) is 5.92 Å². The summed E-state index contributed by atoms with van der Waals surface area (Å²) in [5.74, 6) is 0.292. The zero-order valence-corrected chi connectivity index (χ0v) is 18.2. The molecule has 2 aliphatic heterocycles. The van der Waals surface area contributed by atoms with Gasteiger partial charge in [0, 0.05) is 30.2 Å². The minimum Gasteiger partial charge on any atom is -0.466 e. The molecule has 1 aromatic heterocycles. The third-order valence-electron chi connectivity index (χ3n) is 6.00. The number of aromatic nitrogens is 2. The van der Waals surface area contributed by atoms with E-state index in [-0.39, 0.29) is 17.8 Å². The maximum atomic E-state index is 13.5. The molecule has 1 saturated heterocycles. The van der Waals surface area contributed by atoms with E-state index in [0.29, 0.717) is 30.4 Å². The number of carbonyl (C=O) groups excluding carboxylic acids is 2. The quantitative estimate of drug-likeness (QED) is 0.678. The van der Waals surface area contributed by atoms with Crippen LogP contribution in [0.5, 0.6) is 0 Å². The molecule has 6 nitrogen and oxygen atoms in total. The molecular weight excluding hydrogens is 402 g/mol. The number of carbonyl (C=O) groups is 2. The zero-order valence-electron chi connectivity index (χ0n) is 17.4. The lowest BCUT2D eigenvalue weighted by Crippen LogP contribution is -2.43. The second kappa shape index (κ2) is 9.21. The molecule has 0 saturated carbocycles. The summed E-state index contributed by atoms with van der Waals surface area (Å²) in [7, 11) is 0. The third-order valence-corrected chi connectivity index (χ3v) is 6.25. The Morgan fingerprint density at radius 1 is 1.13 bits per heavy atom. The molecule has 0 bridgehead atoms. The number of imidazole rings is 1. The van der Waals surface area contributed by atoms with Gasteiger partial charge in [-0.15, -0.1) is 0 Å². The molecule has 3 heterocycles. The molecule has 0 spiro atoms. The molecule has 1 atom stereocenters. The largest absolute Gasteiger partial charge is 0.466 e. The van der Waals surface area contributed by atoms with Crippen molar-refractivity contribution in [2.75, 3.05) is 19.7 Å². The van der Waals surface area contributed by atoms with Crippen molar-refractivity contribution in [1.82, 2.24) is 14.5 Å². The van der Waals surface area contributed by atoms with Crippen LogP contribution in [-0.2, 0) is 22.5 Å². The summed E-state index contributed by atoms with van der Waals surface area (Å²) in [6.45, 7) is 4.08. The van der Waals surface area contributed by atoms with Gasteiger partial charge in [0.05, 0.1) is 18.2 Å². The number of rotatable bonds is 4. The fourth-order valence-electron chi connectivity index (χ4n) is 4.47. The Kier molecular flexibility index (Phi) is 6.42. The number of piperidine rings is 1. The molecule has 0 unspecified atom stereocenters. The molecule has 2 aliphatic rings. The molecule has 1 aromatic carbocycles. The number of hydrogen-bond acceptors (Lipinski definition) is 4. The molecular formula is C23H28ClN3O3. The molecule has 0 aliphatic carbocycles. The Bertz CT molecular complexity index is 923. The van der Waals surface area contributed by atoms with Crippen molar-refractivity contribution in [3.8, 4) is 11.4 Å². The van der Waals surface area contributed by atoms with Crippen LogP contribution in [0, 0.1) is 5.92 Å². The monoisotopic (exact) mass is 429 g/mol. The van der Waals surface area contributed by atoms with Crippen LogP contribution in [0.3, 0.4) is 0 Å². The van der Waals surface area contributed by atoms with E-state index in [0.717, 1.165) is 62.2 Å². The summed E-state index contributed by atoms with van der Waals surface area (Å²) in [6.07, 6.45) is 5.68. The number of ether oxygens (including phenoxy) is 1. The van der Waals surface area contributed by atoms with Crippen LogP contribution >= 0.6 is 11.6 Å². The predicted octanol–water partition coefficient (Wildman–Crippen LogP) is 4.35. The van der Waals surface area contributed by atoms with Gasteiger partial charge in [-0.25, -0.2) is 4.98 Å². The van der Waals surface area contributed by atoms with Gasteiger partial charge in [0.15, 0.2) is 0 Å². The van der Waals surface area contributed by atoms with Crippen LogP contribution in [-0.4, -0.2) is 46.0 Å². The highest BCUT2D eigenvalue weighted by Gasteiger charge is 2.33. The van der Waals surface area contributed by atoms with Gasteiger partial charge < -0.3 is 14.2 Å². The number of hydrogen-bond donors (Lipinski definition) is 0. The highest BCUT2D eigenvalue weighted by molar-refractivity contribution is 6.30. The maximum Gasteiger partial charge on any atom is 0.310 e. The van der Waals surface area contributed by atoms with Gasteiger partial charge in [-0.1, -0.05) is 18.0 Å². The molecule has 30 heavy (non-hydrogen) atoms. The van der Waals surface area contributed by atoms with E-state index in [2.05, 4.69) is 4.57 Å². The van der Waals surface area contributed by atoms with Gasteiger partial charge in [0.25, 0.3) is 5.91 Å². The molecule has 2 aromatic rings. The molecule has 1 amide bonds. The Morgan fingerprint density at radius 2 is 1.93 bits per heavy atom. The van der Waals surface area contributed by atoms with Gasteiger partial charge in [-0.3, -0.25) is 9.59 Å². The van der Waals surface area contributed by atoms with Crippen LogP contribution in [0.15, 0.2) is 24.3 Å². The second-order valence-electron chi connectivity index (χ2n) is 8.04. The summed E-state index contributed by atoms with van der Waals surface area (Å²) >= 11 is 6.06. The van der Waals surface area contributed by atoms with E-state index in [1.165, 1.54) is 0 Å². The standard InChI is InChI=1S/C23H28ClN3O3/c1-2-30-23(29)17-7-6-13-26(15-17)22(28)20-19-8-4-3-5-14-27(19)21(25-20)16-9-11-18(24)12-10-16/h9-12,17H,2-8,13-15H2,1H3/t17-/m0/s1. The Hall–Kier alpha value is -2.34. The Labute approximate surface area is 182 Å². The summed E-state index contributed by atoms with van der Waals surface area (Å²) in [6, 6.07) is 7.61. The van der Waals surface area contributed by atoms with Crippen molar-refractivity contribution >= 4 is 23.5 Å². The van der Waals surface area contributed by atoms with E-state index in [1.807, 2.05) is 31.2 Å². The lowest BCUT2D eigenvalue weighted by atomic mass is 9.97. The first-order chi connectivity index (χ1) is 14.6. The molecule has 7 heteroatoms. The predicted molar refractivity (Wildman–Crippen MR) is 115 cm³/mol. The Balaban J connectivity index is 1.65. The smallest absolute Gasteiger partial charge is 0.310 e. The van der Waals surface area contributed by atoms with Crippen LogP contribution < -0.4 is 0 Å². The first-order valence-electron chi connectivity index (χ1n) is 10.9. The molecule has 160 valence electrons. The van der Waals surface area contributed by atoms with Crippen molar-refractivity contribution in [3.63, 3.8) is 0 Å². The summed E-state index contributed by atoms with van der Waals surface area (Å²) < 4.78 is 7.39. The molecule has 0 radical (unpaired) electrons. The number of halogens is 1. The van der Waals surface area contributed by atoms with E-state index in [4.69, 9.17) is 21.3 Å². The summed E-state index contributed by atoms with van der Waals surface area (Å²) in [5, 5.41) is 0.677. The van der Waals surface area contributed by atoms with E-state index >= 15 is 0 Å². The second-order valence-corrected chi connectivity index (χ2v) is 8.48. The highest BCUT2D eigenvalue weighted by atomic mass is 35.5. The normalized spacial score (nSPS) is 19.1. The number of benzene rings is 1. The zero-order chi connectivity index (χ0) is 21.1. The fourth-order valence-corrected chi connectivity index (χ4v) is 4.60. The van der Waals surface area contributed by atoms with Crippen LogP contribution in [0.4, 0.5) is 0 Å². The number of amides is 1. The van der Waals surface area contributed by atoms with Crippen molar-refractivity contribution in [3.05, 3.63) is 40.7 Å². The molecule has 4 rings (SSSR count). The average Bonchev–Trinajstić information content (AvgIpc) is 2.95. The minimum atomic E-state index is -0.250. The summed E-state index contributed by atoms with van der Waals surface area (Å²) in [4.78, 5) is 32.3. The van der Waals surface area contributed by atoms with E-state index < -0.39 is 0 Å². The van der Waals surface area contributed by atoms with Gasteiger partial charge in [0.2, 0.25) is 0 Å². The van der Waals surface area contributed by atoms with Crippen LogP contribution in [0.2, 0.25) is 5.02 Å². The van der Waals surface area contributed by atoms with E-state index in [1.54, 1.807) is 4.90 Å². The molecule has 0 N–H and O–H groups in total. The van der Waals surface area contributed by atoms with Crippen LogP contribution in [0.1, 0.15) is 55.2 Å². The van der Waals surface area contributed by atoms with Gasteiger partial charge in [-0.05, 0) is 63.3 Å². The average molecular weight is 430 g/mol. The minimum absolute atomic E-state index is 0.0742. The van der Waals surface area contributed by atoms with E-state index in [9.17, 15) is 9.59 Å². The van der Waals surface area contributed by atoms with Crippen molar-refractivity contribution in [2.45, 2.75) is 52.0 Å². The first-order valence-corrected chi connectivity index (χ1v) is 11.3. The number of nitrogens with zero attached hydrogens (tertiary/aromatic N) is 3. The highest BCUT2D eigenvalue weighted by Crippen LogP contribution is 2.29. The molecule has 1 fully saturated rings. The number of esters is 1. The van der Waals surface area contributed by atoms with Crippen molar-refractivity contribution in [1.29, 1.82) is 0 Å². The topological polar surface area (TPSA) is 64.4 Å². The number of fused-ring (bicyclic) bond motifs is 1. The summed E-state index contributed by atoms with van der Waals surface area (Å²) in [5.41, 5.74) is 2.51. The fraction of sp³-hybridized carbons (Fsp3) is 0.522. The number of likely N-dealkylation sites (tertiary alicyclic amines) is 1. The third kappa shape index (κ3) is 4.24. The van der Waals surface area contributed by atoms with Gasteiger partial charge in [-0.2, -0.15) is 0 Å². The van der Waals surface area contributed by atoms with Gasteiger partial charge in [0.1, 0.15) is 11.5 Å². The SMILES string of the molecule is CCOC(=O)[C@H]1CCCN(C(=O)c2nc(-c3ccc(Cl)cc3)n3c2CCCCC3)C1. The van der Waals surface area contributed by atoms with Crippen molar-refractivity contribution < 1.29 is 14.3 Å². The first kappa shape index (κ1) is 20.9. The maximum absolute atomic E-state index is 13.5. The lowest BCUT2D eigenvalue weighted by Gasteiger charge is -2.31. The van der Waals surface area contributed by atoms with Gasteiger partial charge >= 0.3 is 5.97 Å². The lowest BCUT2D eigenvalue weighted by molar-refractivity contribution is -0.149. The Morgan fingerprint density at radius 3 is 2.70 bits per heavy atom.